The first-order valence-corrected chi connectivity index (χ1v) is 6.68. The molecular formula is C15H24N2. The molecule has 1 aliphatic rings. The molecule has 2 unspecified atom stereocenters. The van der Waals surface area contributed by atoms with Crippen LogP contribution in [0.25, 0.3) is 0 Å². The summed E-state index contributed by atoms with van der Waals surface area (Å²) in [6, 6.07) is 4.55. The molecule has 2 rings (SSSR count). The number of aromatic nitrogens is 1. The van der Waals surface area contributed by atoms with E-state index in [0.29, 0.717) is 5.92 Å². The van der Waals surface area contributed by atoms with Gasteiger partial charge in [-0.25, -0.2) is 0 Å². The van der Waals surface area contributed by atoms with Gasteiger partial charge in [-0.05, 0) is 42.7 Å². The molecular weight excluding hydrogens is 208 g/mol. The highest BCUT2D eigenvalue weighted by Crippen LogP contribution is 2.35. The SMILES string of the molecule is CC(C)(C)C(N)CCC1CCc2cccnc21. The Morgan fingerprint density at radius 3 is 2.94 bits per heavy atom. The Balaban J connectivity index is 1.94. The molecule has 1 aromatic heterocycles. The summed E-state index contributed by atoms with van der Waals surface area (Å²) in [5.41, 5.74) is 9.22. The van der Waals surface area contributed by atoms with Crippen molar-refractivity contribution in [2.75, 3.05) is 0 Å². The van der Waals surface area contributed by atoms with E-state index in [0.717, 1.165) is 6.42 Å². The van der Waals surface area contributed by atoms with Crippen molar-refractivity contribution in [2.45, 2.75) is 58.4 Å². The molecule has 2 nitrogen and oxygen atoms in total. The van der Waals surface area contributed by atoms with Gasteiger partial charge in [0.2, 0.25) is 0 Å². The fraction of sp³-hybridized carbons (Fsp3) is 0.667. The number of hydrogen-bond donors (Lipinski definition) is 1. The van der Waals surface area contributed by atoms with Crippen molar-refractivity contribution < 1.29 is 0 Å². The lowest BCUT2D eigenvalue weighted by atomic mass is 9.83. The van der Waals surface area contributed by atoms with Gasteiger partial charge in [0.15, 0.2) is 0 Å². The van der Waals surface area contributed by atoms with Crippen molar-refractivity contribution in [1.29, 1.82) is 0 Å². The van der Waals surface area contributed by atoms with Crippen molar-refractivity contribution in [3.63, 3.8) is 0 Å². The Morgan fingerprint density at radius 1 is 1.47 bits per heavy atom. The van der Waals surface area contributed by atoms with Gasteiger partial charge in [0.1, 0.15) is 0 Å². The summed E-state index contributed by atoms with van der Waals surface area (Å²) in [6.45, 7) is 6.66. The van der Waals surface area contributed by atoms with Crippen molar-refractivity contribution in [3.05, 3.63) is 29.6 Å². The third kappa shape index (κ3) is 2.86. The number of rotatable bonds is 3. The van der Waals surface area contributed by atoms with Crippen LogP contribution >= 0.6 is 0 Å². The van der Waals surface area contributed by atoms with Crippen LogP contribution in [-0.4, -0.2) is 11.0 Å². The van der Waals surface area contributed by atoms with Gasteiger partial charge < -0.3 is 5.73 Å². The van der Waals surface area contributed by atoms with Crippen molar-refractivity contribution in [2.24, 2.45) is 11.1 Å². The standard InChI is InChI=1S/C15H24N2/c1-15(2,3)13(16)9-8-12-7-6-11-5-4-10-17-14(11)12/h4-5,10,12-13H,6-9,16H2,1-3H3. The number of hydrogen-bond acceptors (Lipinski definition) is 2. The van der Waals surface area contributed by atoms with Gasteiger partial charge in [-0.1, -0.05) is 26.8 Å². The summed E-state index contributed by atoms with van der Waals surface area (Å²) >= 11 is 0. The van der Waals surface area contributed by atoms with E-state index in [4.69, 9.17) is 5.73 Å². The molecule has 0 fully saturated rings. The van der Waals surface area contributed by atoms with E-state index in [1.54, 1.807) is 0 Å². The van der Waals surface area contributed by atoms with Gasteiger partial charge in [0.05, 0.1) is 0 Å². The number of aryl methyl sites for hydroxylation is 1. The van der Waals surface area contributed by atoms with E-state index in [1.165, 1.54) is 30.5 Å². The monoisotopic (exact) mass is 232 g/mol. The fourth-order valence-electron chi connectivity index (χ4n) is 2.59. The molecule has 94 valence electrons. The fourth-order valence-corrected chi connectivity index (χ4v) is 2.59. The number of fused-ring (bicyclic) bond motifs is 1. The molecule has 2 N–H and O–H groups in total. The number of nitrogens with two attached hydrogens (primary N) is 1. The Labute approximate surface area is 105 Å². The topological polar surface area (TPSA) is 38.9 Å². The largest absolute Gasteiger partial charge is 0.327 e. The predicted octanol–water partition coefficient (Wildman–Crippen LogP) is 3.27. The van der Waals surface area contributed by atoms with Crippen molar-refractivity contribution >= 4 is 0 Å². The second-order valence-corrected chi connectivity index (χ2v) is 6.33. The van der Waals surface area contributed by atoms with E-state index in [1.807, 2.05) is 12.3 Å². The quantitative estimate of drug-likeness (QED) is 0.868. The number of nitrogens with zero attached hydrogens (tertiary/aromatic N) is 1. The zero-order chi connectivity index (χ0) is 12.5. The lowest BCUT2D eigenvalue weighted by molar-refractivity contribution is 0.294. The smallest absolute Gasteiger partial charge is 0.0466 e. The average Bonchev–Trinajstić information content (AvgIpc) is 2.68. The van der Waals surface area contributed by atoms with Crippen LogP contribution in [0.2, 0.25) is 0 Å². The lowest BCUT2D eigenvalue weighted by Crippen LogP contribution is -2.35. The first-order valence-electron chi connectivity index (χ1n) is 6.68. The molecule has 0 saturated heterocycles. The summed E-state index contributed by atoms with van der Waals surface area (Å²) < 4.78 is 0. The first-order chi connectivity index (χ1) is 7.98. The zero-order valence-electron chi connectivity index (χ0n) is 11.2. The molecule has 0 amide bonds. The van der Waals surface area contributed by atoms with Crippen molar-refractivity contribution in [3.8, 4) is 0 Å². The first kappa shape index (κ1) is 12.6. The molecule has 17 heavy (non-hydrogen) atoms. The highest BCUT2D eigenvalue weighted by molar-refractivity contribution is 5.28. The van der Waals surface area contributed by atoms with E-state index in [9.17, 15) is 0 Å². The molecule has 0 radical (unpaired) electrons. The number of pyridine rings is 1. The maximum Gasteiger partial charge on any atom is 0.0466 e. The molecule has 0 saturated carbocycles. The Bertz CT molecular complexity index is 379. The van der Waals surface area contributed by atoms with E-state index in [2.05, 4.69) is 31.8 Å². The molecule has 0 bridgehead atoms. The Kier molecular flexibility index (Phi) is 3.53. The minimum absolute atomic E-state index is 0.214. The Morgan fingerprint density at radius 2 is 2.24 bits per heavy atom. The van der Waals surface area contributed by atoms with E-state index >= 15 is 0 Å². The summed E-state index contributed by atoms with van der Waals surface area (Å²) in [5, 5.41) is 0. The van der Waals surface area contributed by atoms with Crippen LogP contribution < -0.4 is 5.73 Å². The second-order valence-electron chi connectivity index (χ2n) is 6.33. The van der Waals surface area contributed by atoms with E-state index < -0.39 is 0 Å². The summed E-state index contributed by atoms with van der Waals surface area (Å²) in [4.78, 5) is 4.54. The van der Waals surface area contributed by atoms with Gasteiger partial charge in [-0.2, -0.15) is 0 Å². The van der Waals surface area contributed by atoms with Gasteiger partial charge in [0, 0.05) is 23.9 Å². The molecule has 2 heteroatoms. The summed E-state index contributed by atoms with van der Waals surface area (Å²) in [5.74, 6) is 0.639. The van der Waals surface area contributed by atoms with Gasteiger partial charge in [-0.15, -0.1) is 0 Å². The molecule has 2 atom stereocenters. The van der Waals surface area contributed by atoms with Crippen LogP contribution in [0.15, 0.2) is 18.3 Å². The maximum atomic E-state index is 6.23. The molecule has 1 aliphatic carbocycles. The lowest BCUT2D eigenvalue weighted by Gasteiger charge is -2.28. The third-order valence-electron chi connectivity index (χ3n) is 4.01. The zero-order valence-corrected chi connectivity index (χ0v) is 11.2. The van der Waals surface area contributed by atoms with Crippen LogP contribution in [-0.2, 0) is 6.42 Å². The van der Waals surface area contributed by atoms with Crippen LogP contribution in [0.3, 0.4) is 0 Å². The van der Waals surface area contributed by atoms with Crippen LogP contribution in [0, 0.1) is 5.41 Å². The minimum Gasteiger partial charge on any atom is -0.327 e. The molecule has 0 aliphatic heterocycles. The average molecular weight is 232 g/mol. The van der Waals surface area contributed by atoms with Crippen LogP contribution in [0.1, 0.15) is 57.2 Å². The normalized spacial score (nSPS) is 21.3. The highest BCUT2D eigenvalue weighted by Gasteiger charge is 2.26. The van der Waals surface area contributed by atoms with Gasteiger partial charge >= 0.3 is 0 Å². The van der Waals surface area contributed by atoms with Gasteiger partial charge in [-0.3, -0.25) is 4.98 Å². The van der Waals surface area contributed by atoms with Crippen molar-refractivity contribution in [1.82, 2.24) is 4.98 Å². The maximum absolute atomic E-state index is 6.23. The summed E-state index contributed by atoms with van der Waals surface area (Å²) in [6.07, 6.45) is 6.65. The summed E-state index contributed by atoms with van der Waals surface area (Å²) in [7, 11) is 0. The highest BCUT2D eigenvalue weighted by atomic mass is 14.7. The van der Waals surface area contributed by atoms with Gasteiger partial charge in [0.25, 0.3) is 0 Å². The molecule has 0 spiro atoms. The third-order valence-corrected chi connectivity index (χ3v) is 4.01. The van der Waals surface area contributed by atoms with E-state index in [-0.39, 0.29) is 11.5 Å². The second kappa shape index (κ2) is 4.77. The molecule has 0 aromatic carbocycles. The van der Waals surface area contributed by atoms with Crippen LogP contribution in [0.5, 0.6) is 0 Å². The minimum atomic E-state index is 0.214. The molecule has 1 heterocycles. The Hall–Kier alpha value is -0.890. The predicted molar refractivity (Wildman–Crippen MR) is 72.0 cm³/mol. The molecule has 1 aromatic rings. The van der Waals surface area contributed by atoms with Crippen LogP contribution in [0.4, 0.5) is 0 Å².